The number of amides is 1. The molecule has 0 aliphatic heterocycles. The Balaban J connectivity index is 1.94. The van der Waals surface area contributed by atoms with Crippen LogP contribution in [0.4, 0.5) is 5.82 Å². The molecule has 6 nitrogen and oxygen atoms in total. The van der Waals surface area contributed by atoms with Crippen molar-refractivity contribution < 1.29 is 14.1 Å². The van der Waals surface area contributed by atoms with Gasteiger partial charge < -0.3 is 15.6 Å². The van der Waals surface area contributed by atoms with Crippen molar-refractivity contribution in [2.75, 3.05) is 5.73 Å². The van der Waals surface area contributed by atoms with Gasteiger partial charge in [-0.1, -0.05) is 37.3 Å². The van der Waals surface area contributed by atoms with E-state index in [1.807, 2.05) is 0 Å². The number of hydrogen-bond acceptors (Lipinski definition) is 5. The number of carbonyl (C=O) groups is 2. The van der Waals surface area contributed by atoms with Gasteiger partial charge in [-0.3, -0.25) is 9.59 Å². The molecule has 1 saturated carbocycles. The molecule has 1 aromatic rings. The second-order valence-electron chi connectivity index (χ2n) is 5.49. The standard InChI is InChI=1S/C14H21N3O3/c1-9(18)11(7-10-5-3-2-4-6-10)16-14(19)12-8-13(15)17-20-12/h8,10-11H,2-7H2,1H3,(H2,15,17)(H,16,19)/t11-/m0/s1. The van der Waals surface area contributed by atoms with E-state index in [0.717, 1.165) is 12.8 Å². The van der Waals surface area contributed by atoms with Gasteiger partial charge in [-0.2, -0.15) is 0 Å². The lowest BCUT2D eigenvalue weighted by Gasteiger charge is -2.25. The molecule has 3 N–H and O–H groups in total. The highest BCUT2D eigenvalue weighted by Gasteiger charge is 2.25. The predicted molar refractivity (Wildman–Crippen MR) is 74.0 cm³/mol. The molecule has 1 aliphatic carbocycles. The van der Waals surface area contributed by atoms with Crippen molar-refractivity contribution >= 4 is 17.5 Å². The third-order valence-corrected chi connectivity index (χ3v) is 3.84. The van der Waals surface area contributed by atoms with Gasteiger partial charge in [-0.05, 0) is 19.3 Å². The summed E-state index contributed by atoms with van der Waals surface area (Å²) in [4.78, 5) is 23.7. The summed E-state index contributed by atoms with van der Waals surface area (Å²) < 4.78 is 4.80. The molecule has 1 aliphatic rings. The molecule has 6 heteroatoms. The summed E-state index contributed by atoms with van der Waals surface area (Å²) >= 11 is 0. The average molecular weight is 279 g/mol. The average Bonchev–Trinajstić information content (AvgIpc) is 2.86. The molecule has 1 fully saturated rings. The van der Waals surface area contributed by atoms with Gasteiger partial charge in [0.1, 0.15) is 0 Å². The Kier molecular flexibility index (Phi) is 4.76. The summed E-state index contributed by atoms with van der Waals surface area (Å²) in [5, 5.41) is 6.18. The zero-order valence-electron chi connectivity index (χ0n) is 11.7. The van der Waals surface area contributed by atoms with Crippen LogP contribution >= 0.6 is 0 Å². The molecule has 0 spiro atoms. The van der Waals surface area contributed by atoms with Crippen LogP contribution in [-0.2, 0) is 4.79 Å². The fourth-order valence-corrected chi connectivity index (χ4v) is 2.71. The third-order valence-electron chi connectivity index (χ3n) is 3.84. The van der Waals surface area contributed by atoms with Crippen LogP contribution in [0.1, 0.15) is 56.0 Å². The van der Waals surface area contributed by atoms with Crippen LogP contribution in [0.5, 0.6) is 0 Å². The summed E-state index contributed by atoms with van der Waals surface area (Å²) in [5.74, 6) is 0.235. The van der Waals surface area contributed by atoms with Crippen LogP contribution in [0.25, 0.3) is 0 Å². The summed E-state index contributed by atoms with van der Waals surface area (Å²) in [5.41, 5.74) is 5.40. The number of nitrogens with zero attached hydrogens (tertiary/aromatic N) is 1. The zero-order valence-corrected chi connectivity index (χ0v) is 11.7. The molecule has 110 valence electrons. The topological polar surface area (TPSA) is 98.2 Å². The maximum absolute atomic E-state index is 12.0. The number of hydrogen-bond donors (Lipinski definition) is 2. The van der Waals surface area contributed by atoms with Gasteiger partial charge in [0, 0.05) is 6.07 Å². The normalized spacial score (nSPS) is 17.6. The lowest BCUT2D eigenvalue weighted by molar-refractivity contribution is -0.119. The fourth-order valence-electron chi connectivity index (χ4n) is 2.71. The Hall–Kier alpha value is -1.85. The third kappa shape index (κ3) is 3.82. The summed E-state index contributed by atoms with van der Waals surface area (Å²) in [6, 6.07) is 0.893. The zero-order chi connectivity index (χ0) is 14.5. The quantitative estimate of drug-likeness (QED) is 0.858. The molecule has 0 unspecified atom stereocenters. The number of rotatable bonds is 5. The highest BCUT2D eigenvalue weighted by molar-refractivity contribution is 5.95. The Morgan fingerprint density at radius 2 is 2.15 bits per heavy atom. The monoisotopic (exact) mass is 279 g/mol. The van der Waals surface area contributed by atoms with E-state index in [0.29, 0.717) is 12.3 Å². The fraction of sp³-hybridized carbons (Fsp3) is 0.643. The summed E-state index contributed by atoms with van der Waals surface area (Å²) in [6.45, 7) is 1.50. The van der Waals surface area contributed by atoms with Crippen LogP contribution in [-0.4, -0.2) is 22.9 Å². The molecule has 2 rings (SSSR count). The van der Waals surface area contributed by atoms with E-state index in [2.05, 4.69) is 10.5 Å². The Morgan fingerprint density at radius 1 is 1.45 bits per heavy atom. The molecule has 1 amide bonds. The SMILES string of the molecule is CC(=O)[C@H](CC1CCCCC1)NC(=O)c1cc(N)no1. The van der Waals surface area contributed by atoms with Crippen molar-refractivity contribution in [1.82, 2.24) is 10.5 Å². The first-order chi connectivity index (χ1) is 9.56. The summed E-state index contributed by atoms with van der Waals surface area (Å²) in [7, 11) is 0. The minimum atomic E-state index is -0.461. The molecule has 20 heavy (non-hydrogen) atoms. The molecule has 0 aromatic carbocycles. The number of nitrogens with one attached hydrogen (secondary N) is 1. The van der Waals surface area contributed by atoms with Gasteiger partial charge >= 0.3 is 0 Å². The van der Waals surface area contributed by atoms with Gasteiger partial charge in [0.05, 0.1) is 6.04 Å². The number of carbonyl (C=O) groups excluding carboxylic acids is 2. The largest absolute Gasteiger partial charge is 0.381 e. The van der Waals surface area contributed by atoms with Gasteiger partial charge in [-0.25, -0.2) is 0 Å². The molecular formula is C14H21N3O3. The minimum Gasteiger partial charge on any atom is -0.381 e. The Morgan fingerprint density at radius 3 is 2.70 bits per heavy atom. The second-order valence-corrected chi connectivity index (χ2v) is 5.49. The van der Waals surface area contributed by atoms with E-state index in [9.17, 15) is 9.59 Å². The Bertz CT molecular complexity index is 478. The minimum absolute atomic E-state index is 0.0311. The number of ketones is 1. The molecule has 1 aromatic heterocycles. The van der Waals surface area contributed by atoms with E-state index in [1.165, 1.54) is 32.3 Å². The first-order valence-corrected chi connectivity index (χ1v) is 7.09. The van der Waals surface area contributed by atoms with Crippen molar-refractivity contribution in [3.05, 3.63) is 11.8 Å². The number of nitrogens with two attached hydrogens (primary N) is 1. The van der Waals surface area contributed by atoms with Gasteiger partial charge in [0.25, 0.3) is 5.91 Å². The van der Waals surface area contributed by atoms with Crippen LogP contribution in [0, 0.1) is 5.92 Å². The highest BCUT2D eigenvalue weighted by Crippen LogP contribution is 2.27. The molecule has 1 heterocycles. The molecular weight excluding hydrogens is 258 g/mol. The van der Waals surface area contributed by atoms with Crippen LogP contribution in [0.15, 0.2) is 10.6 Å². The van der Waals surface area contributed by atoms with Crippen molar-refractivity contribution in [3.63, 3.8) is 0 Å². The summed E-state index contributed by atoms with van der Waals surface area (Å²) in [6.07, 6.45) is 6.66. The maximum Gasteiger partial charge on any atom is 0.290 e. The maximum atomic E-state index is 12.0. The van der Waals surface area contributed by atoms with Crippen LogP contribution in [0.2, 0.25) is 0 Å². The molecule has 1 atom stereocenters. The van der Waals surface area contributed by atoms with E-state index in [1.54, 1.807) is 0 Å². The van der Waals surface area contributed by atoms with Crippen LogP contribution < -0.4 is 11.1 Å². The Labute approximate surface area is 118 Å². The van der Waals surface area contributed by atoms with E-state index >= 15 is 0 Å². The first-order valence-electron chi connectivity index (χ1n) is 7.09. The van der Waals surface area contributed by atoms with E-state index < -0.39 is 11.9 Å². The van der Waals surface area contributed by atoms with E-state index in [4.69, 9.17) is 10.3 Å². The number of aromatic nitrogens is 1. The lowest BCUT2D eigenvalue weighted by Crippen LogP contribution is -2.41. The molecule has 0 radical (unpaired) electrons. The van der Waals surface area contributed by atoms with Gasteiger partial charge in [0.15, 0.2) is 11.6 Å². The lowest BCUT2D eigenvalue weighted by atomic mass is 9.84. The molecule has 0 saturated heterocycles. The number of anilines is 1. The van der Waals surface area contributed by atoms with Crippen molar-refractivity contribution in [1.29, 1.82) is 0 Å². The number of Topliss-reactive ketones (excluding diaryl/α,β-unsaturated/α-hetero) is 1. The molecule has 0 bridgehead atoms. The number of nitrogen functional groups attached to an aromatic ring is 1. The predicted octanol–water partition coefficient (Wildman–Crippen LogP) is 1.91. The van der Waals surface area contributed by atoms with Gasteiger partial charge in [-0.15, -0.1) is 0 Å². The van der Waals surface area contributed by atoms with Gasteiger partial charge in [0.2, 0.25) is 5.76 Å². The van der Waals surface area contributed by atoms with Crippen molar-refractivity contribution in [2.45, 2.75) is 51.5 Å². The second kappa shape index (κ2) is 6.54. The van der Waals surface area contributed by atoms with Crippen molar-refractivity contribution in [2.24, 2.45) is 5.92 Å². The van der Waals surface area contributed by atoms with Crippen molar-refractivity contribution in [3.8, 4) is 0 Å². The highest BCUT2D eigenvalue weighted by atomic mass is 16.5. The first kappa shape index (κ1) is 14.6. The van der Waals surface area contributed by atoms with Crippen LogP contribution in [0.3, 0.4) is 0 Å². The smallest absolute Gasteiger partial charge is 0.290 e. The van der Waals surface area contributed by atoms with E-state index in [-0.39, 0.29) is 17.4 Å².